The van der Waals surface area contributed by atoms with Gasteiger partial charge in [0, 0.05) is 0 Å². The van der Waals surface area contributed by atoms with Gasteiger partial charge in [0.1, 0.15) is 12.7 Å². The fraction of sp³-hybridized carbons (Fsp3) is 0.600. The maximum atomic E-state index is 11.1. The molecule has 98 valence electrons. The van der Waals surface area contributed by atoms with Gasteiger partial charge >= 0.3 is 6.07 Å². The molecule has 0 heterocycles. The molecule has 17 heavy (non-hydrogen) atoms. The molecule has 0 aliphatic heterocycles. The maximum Gasteiger partial charge on any atom is 0.380 e. The van der Waals surface area contributed by atoms with E-state index in [1.165, 1.54) is 0 Å². The van der Waals surface area contributed by atoms with Crippen LogP contribution in [-0.2, 0) is 18.6 Å². The van der Waals surface area contributed by atoms with Crippen LogP contribution in [0.25, 0.3) is 0 Å². The van der Waals surface area contributed by atoms with Crippen molar-refractivity contribution in [2.45, 2.75) is 19.1 Å². The third-order valence-electron chi connectivity index (χ3n) is 1.64. The van der Waals surface area contributed by atoms with Gasteiger partial charge in [-0.05, 0) is 29.4 Å². The first-order chi connectivity index (χ1) is 7.89. The molecule has 7 heteroatoms. The summed E-state index contributed by atoms with van der Waals surface area (Å²) in [5, 5.41) is 0. The van der Waals surface area contributed by atoms with Crippen molar-refractivity contribution in [2.75, 3.05) is 19.8 Å². The van der Waals surface area contributed by atoms with Crippen LogP contribution in [0.3, 0.4) is 0 Å². The van der Waals surface area contributed by atoms with Crippen molar-refractivity contribution in [2.24, 2.45) is 0 Å². The largest absolute Gasteiger partial charge is 0.380 e. The zero-order valence-corrected chi connectivity index (χ0v) is 11.9. The molecule has 0 aromatic carbocycles. The number of ether oxygens (including phenoxy) is 2. The Morgan fingerprint density at radius 3 is 2.65 bits per heavy atom. The highest BCUT2D eigenvalue weighted by atomic mass is 35.9. The second-order valence-electron chi connectivity index (χ2n) is 3.14. The summed E-state index contributed by atoms with van der Waals surface area (Å²) >= 11 is 10.6. The van der Waals surface area contributed by atoms with Gasteiger partial charge in [-0.25, -0.2) is 0 Å². The van der Waals surface area contributed by atoms with E-state index in [-0.39, 0.29) is 25.9 Å². The lowest BCUT2D eigenvalue weighted by Crippen LogP contribution is -2.26. The number of halogens is 2. The molecule has 0 aliphatic rings. The predicted molar refractivity (Wildman–Crippen MR) is 69.4 cm³/mol. The molecule has 0 saturated carbocycles. The SMILES string of the molecule is C#CCOCC(COC(C)C=C)OP(=O)(Cl)Cl. The van der Waals surface area contributed by atoms with E-state index < -0.39 is 12.2 Å². The van der Waals surface area contributed by atoms with E-state index in [1.807, 2.05) is 0 Å². The highest BCUT2D eigenvalue weighted by Crippen LogP contribution is 2.58. The zero-order chi connectivity index (χ0) is 13.3. The van der Waals surface area contributed by atoms with E-state index in [4.69, 9.17) is 42.9 Å². The maximum absolute atomic E-state index is 11.1. The Balaban J connectivity index is 4.15. The molecule has 0 bridgehead atoms. The minimum absolute atomic E-state index is 0.0947. The summed E-state index contributed by atoms with van der Waals surface area (Å²) in [6.07, 6.45) is 2.18. The van der Waals surface area contributed by atoms with Gasteiger partial charge < -0.3 is 9.47 Å². The van der Waals surface area contributed by atoms with Gasteiger partial charge in [-0.1, -0.05) is 12.0 Å². The molecular weight excluding hydrogens is 286 g/mol. The van der Waals surface area contributed by atoms with Crippen LogP contribution in [0.2, 0.25) is 0 Å². The van der Waals surface area contributed by atoms with Crippen molar-refractivity contribution in [3.63, 3.8) is 0 Å². The summed E-state index contributed by atoms with van der Waals surface area (Å²) < 4.78 is 26.4. The average molecular weight is 301 g/mol. The Hall–Kier alpha value is -0.0100. The normalized spacial score (nSPS) is 14.9. The number of hydrogen-bond acceptors (Lipinski definition) is 4. The molecule has 4 nitrogen and oxygen atoms in total. The molecule has 0 radical (unpaired) electrons. The lowest BCUT2D eigenvalue weighted by Gasteiger charge is -2.19. The third kappa shape index (κ3) is 10.8. The molecule has 0 N–H and O–H groups in total. The molecule has 2 atom stereocenters. The monoisotopic (exact) mass is 300 g/mol. The minimum atomic E-state index is -3.63. The first-order valence-electron chi connectivity index (χ1n) is 4.82. The molecule has 0 aliphatic carbocycles. The third-order valence-corrected chi connectivity index (χ3v) is 2.66. The molecule has 0 rings (SSSR count). The molecule has 0 saturated heterocycles. The van der Waals surface area contributed by atoms with Crippen molar-refractivity contribution < 1.29 is 18.6 Å². The summed E-state index contributed by atoms with van der Waals surface area (Å²) in [5.41, 5.74) is 0. The van der Waals surface area contributed by atoms with E-state index in [1.54, 1.807) is 13.0 Å². The standard InChI is InChI=1S/C10H15Cl2O4P/c1-4-6-14-7-10(16-17(11,12)13)8-15-9(3)5-2/h1,5,9-10H,2,6-8H2,3H3. The smallest absolute Gasteiger partial charge is 0.372 e. The second-order valence-corrected chi connectivity index (χ2v) is 7.36. The van der Waals surface area contributed by atoms with E-state index in [0.29, 0.717) is 0 Å². The summed E-state index contributed by atoms with van der Waals surface area (Å²) in [4.78, 5) is 0. The van der Waals surface area contributed by atoms with Gasteiger partial charge in [-0.3, -0.25) is 9.09 Å². The second kappa shape index (κ2) is 8.99. The van der Waals surface area contributed by atoms with Gasteiger partial charge in [0.25, 0.3) is 0 Å². The quantitative estimate of drug-likeness (QED) is 0.284. The zero-order valence-electron chi connectivity index (χ0n) is 9.47. The van der Waals surface area contributed by atoms with Crippen molar-refractivity contribution in [1.82, 2.24) is 0 Å². The first kappa shape index (κ1) is 17.0. The van der Waals surface area contributed by atoms with Crippen molar-refractivity contribution in [3.05, 3.63) is 12.7 Å². The molecule has 0 aromatic heterocycles. The van der Waals surface area contributed by atoms with Crippen LogP contribution in [0.4, 0.5) is 0 Å². The van der Waals surface area contributed by atoms with Crippen LogP contribution in [-0.4, -0.2) is 32.0 Å². The average Bonchev–Trinajstić information content (AvgIpc) is 2.23. The lowest BCUT2D eigenvalue weighted by molar-refractivity contribution is -0.00829. The van der Waals surface area contributed by atoms with E-state index in [9.17, 15) is 4.57 Å². The summed E-state index contributed by atoms with van der Waals surface area (Å²) in [6, 6.07) is 0. The van der Waals surface area contributed by atoms with Gasteiger partial charge in [0.15, 0.2) is 0 Å². The van der Waals surface area contributed by atoms with Gasteiger partial charge in [-0.15, -0.1) is 13.0 Å². The van der Waals surface area contributed by atoms with Gasteiger partial charge in [0.2, 0.25) is 0 Å². The van der Waals surface area contributed by atoms with Crippen LogP contribution in [0.15, 0.2) is 12.7 Å². The van der Waals surface area contributed by atoms with Crippen molar-refractivity contribution >= 4 is 28.6 Å². The van der Waals surface area contributed by atoms with E-state index >= 15 is 0 Å². The highest BCUT2D eigenvalue weighted by molar-refractivity contribution is 8.05. The van der Waals surface area contributed by atoms with E-state index in [2.05, 4.69) is 12.5 Å². The van der Waals surface area contributed by atoms with Gasteiger partial charge in [0.05, 0.1) is 19.3 Å². The topological polar surface area (TPSA) is 44.8 Å². The minimum Gasteiger partial charge on any atom is -0.372 e. The highest BCUT2D eigenvalue weighted by Gasteiger charge is 2.23. The Kier molecular flexibility index (Phi) is 8.99. The van der Waals surface area contributed by atoms with Crippen LogP contribution >= 0.6 is 28.6 Å². The fourth-order valence-corrected chi connectivity index (χ4v) is 2.00. The molecule has 2 unspecified atom stereocenters. The van der Waals surface area contributed by atoms with Crippen LogP contribution < -0.4 is 0 Å². The predicted octanol–water partition coefficient (Wildman–Crippen LogP) is 3.20. The van der Waals surface area contributed by atoms with Crippen LogP contribution in [0.5, 0.6) is 0 Å². The lowest BCUT2D eigenvalue weighted by atomic mass is 10.4. The fourth-order valence-electron chi connectivity index (χ4n) is 0.859. The Labute approximate surface area is 111 Å². The Morgan fingerprint density at radius 2 is 2.18 bits per heavy atom. The summed E-state index contributed by atoms with van der Waals surface area (Å²) in [7, 11) is 0. The van der Waals surface area contributed by atoms with E-state index in [0.717, 1.165) is 0 Å². The number of terminal acetylenes is 1. The molecule has 0 aromatic rings. The van der Waals surface area contributed by atoms with Crippen LogP contribution in [0.1, 0.15) is 6.92 Å². The molecular formula is C10H15Cl2O4P. The van der Waals surface area contributed by atoms with Gasteiger partial charge in [-0.2, -0.15) is 0 Å². The Morgan fingerprint density at radius 1 is 1.53 bits per heavy atom. The van der Waals surface area contributed by atoms with Crippen molar-refractivity contribution in [3.8, 4) is 12.3 Å². The van der Waals surface area contributed by atoms with Crippen LogP contribution in [0, 0.1) is 12.3 Å². The van der Waals surface area contributed by atoms with Crippen molar-refractivity contribution in [1.29, 1.82) is 0 Å². The molecule has 0 amide bonds. The number of hydrogen-bond donors (Lipinski definition) is 0. The summed E-state index contributed by atoms with van der Waals surface area (Å²) in [5.74, 6) is 2.29. The number of rotatable bonds is 9. The summed E-state index contributed by atoms with van der Waals surface area (Å²) in [6.45, 7) is 5.69. The first-order valence-corrected chi connectivity index (χ1v) is 8.25. The molecule has 0 fully saturated rings. The Bertz CT molecular complexity index is 310. The molecule has 0 spiro atoms.